The molecular formula is C15H17ClN2O2. The molecule has 1 heterocycles. The first-order valence-corrected chi connectivity index (χ1v) is 6.78. The number of hydrogen-bond acceptors (Lipinski definition) is 4. The second kappa shape index (κ2) is 6.48. The molecule has 2 rings (SSSR count). The van der Waals surface area contributed by atoms with Gasteiger partial charge < -0.3 is 15.2 Å². The number of anilines is 1. The summed E-state index contributed by atoms with van der Waals surface area (Å²) in [5, 5.41) is 13.3. The third-order valence-corrected chi connectivity index (χ3v) is 3.08. The van der Waals surface area contributed by atoms with Crippen LogP contribution in [0.1, 0.15) is 18.1 Å². The zero-order valence-electron chi connectivity index (χ0n) is 11.5. The highest BCUT2D eigenvalue weighted by molar-refractivity contribution is 6.31. The van der Waals surface area contributed by atoms with Crippen LogP contribution in [0.5, 0.6) is 11.5 Å². The van der Waals surface area contributed by atoms with E-state index < -0.39 is 0 Å². The summed E-state index contributed by atoms with van der Waals surface area (Å²) in [6.07, 6.45) is 1.72. The van der Waals surface area contributed by atoms with E-state index in [2.05, 4.69) is 10.3 Å². The number of nitrogens with zero attached hydrogens (tertiary/aromatic N) is 1. The van der Waals surface area contributed by atoms with Crippen LogP contribution in [-0.4, -0.2) is 16.7 Å². The molecule has 1 aromatic carbocycles. The number of aryl methyl sites for hydroxylation is 1. The first kappa shape index (κ1) is 14.5. The zero-order valence-corrected chi connectivity index (χ0v) is 12.2. The van der Waals surface area contributed by atoms with E-state index in [1.165, 1.54) is 0 Å². The molecule has 4 nitrogen and oxygen atoms in total. The first-order chi connectivity index (χ1) is 9.60. The number of hydrogen-bond donors (Lipinski definition) is 2. The molecule has 0 fully saturated rings. The van der Waals surface area contributed by atoms with Gasteiger partial charge in [0.2, 0.25) is 0 Å². The summed E-state index contributed by atoms with van der Waals surface area (Å²) < 4.78 is 5.36. The van der Waals surface area contributed by atoms with Crippen molar-refractivity contribution >= 4 is 17.3 Å². The highest BCUT2D eigenvalue weighted by Gasteiger charge is 2.05. The lowest BCUT2D eigenvalue weighted by atomic mass is 10.2. The highest BCUT2D eigenvalue weighted by atomic mass is 35.5. The number of pyridine rings is 1. The number of aromatic nitrogens is 1. The molecule has 0 spiro atoms. The van der Waals surface area contributed by atoms with E-state index in [1.807, 2.05) is 32.0 Å². The van der Waals surface area contributed by atoms with E-state index in [9.17, 15) is 5.11 Å². The number of nitrogens with one attached hydrogen (secondary N) is 1. The van der Waals surface area contributed by atoms with E-state index in [0.29, 0.717) is 24.1 Å². The third kappa shape index (κ3) is 3.54. The fraction of sp³-hybridized carbons (Fsp3) is 0.267. The SMILES string of the molecule is CCOc1cc(CNc2cc(C)cnc2Cl)ccc1O. The summed E-state index contributed by atoms with van der Waals surface area (Å²) >= 11 is 6.03. The lowest BCUT2D eigenvalue weighted by Crippen LogP contribution is -2.02. The van der Waals surface area contributed by atoms with Gasteiger partial charge in [-0.1, -0.05) is 17.7 Å². The molecule has 0 atom stereocenters. The summed E-state index contributed by atoms with van der Waals surface area (Å²) in [7, 11) is 0. The Balaban J connectivity index is 2.10. The van der Waals surface area contributed by atoms with Gasteiger partial charge in [0.15, 0.2) is 16.7 Å². The van der Waals surface area contributed by atoms with Crippen LogP contribution in [0.2, 0.25) is 5.15 Å². The Morgan fingerprint density at radius 3 is 2.90 bits per heavy atom. The maximum absolute atomic E-state index is 9.66. The van der Waals surface area contributed by atoms with E-state index in [4.69, 9.17) is 16.3 Å². The smallest absolute Gasteiger partial charge is 0.161 e. The van der Waals surface area contributed by atoms with E-state index in [1.54, 1.807) is 12.3 Å². The van der Waals surface area contributed by atoms with E-state index >= 15 is 0 Å². The minimum atomic E-state index is 0.144. The van der Waals surface area contributed by atoms with Crippen molar-refractivity contribution in [3.05, 3.63) is 46.7 Å². The topological polar surface area (TPSA) is 54.4 Å². The molecule has 2 N–H and O–H groups in total. The number of phenolic OH excluding ortho intramolecular Hbond substituents is 1. The van der Waals surface area contributed by atoms with Gasteiger partial charge in [-0.05, 0) is 43.2 Å². The summed E-state index contributed by atoms with van der Waals surface area (Å²) in [5.41, 5.74) is 2.82. The number of aromatic hydroxyl groups is 1. The van der Waals surface area contributed by atoms with Gasteiger partial charge >= 0.3 is 0 Å². The van der Waals surface area contributed by atoms with Crippen molar-refractivity contribution in [3.63, 3.8) is 0 Å². The number of halogens is 1. The van der Waals surface area contributed by atoms with E-state index in [-0.39, 0.29) is 5.75 Å². The molecule has 0 radical (unpaired) electrons. The minimum absolute atomic E-state index is 0.144. The molecule has 20 heavy (non-hydrogen) atoms. The van der Waals surface area contributed by atoms with Crippen LogP contribution >= 0.6 is 11.6 Å². The quantitative estimate of drug-likeness (QED) is 0.824. The average molecular weight is 293 g/mol. The van der Waals surface area contributed by atoms with Gasteiger partial charge in [-0.3, -0.25) is 0 Å². The Hall–Kier alpha value is -1.94. The van der Waals surface area contributed by atoms with Crippen molar-refractivity contribution in [1.29, 1.82) is 0 Å². The first-order valence-electron chi connectivity index (χ1n) is 6.41. The van der Waals surface area contributed by atoms with Crippen LogP contribution in [0.4, 0.5) is 5.69 Å². The Bertz CT molecular complexity index is 602. The second-order valence-corrected chi connectivity index (χ2v) is 4.80. The molecule has 0 saturated carbocycles. The van der Waals surface area contributed by atoms with Crippen LogP contribution in [-0.2, 0) is 6.54 Å². The maximum Gasteiger partial charge on any atom is 0.161 e. The van der Waals surface area contributed by atoms with Gasteiger partial charge in [-0.15, -0.1) is 0 Å². The number of benzene rings is 1. The summed E-state index contributed by atoms with van der Waals surface area (Å²) in [5.74, 6) is 0.631. The van der Waals surface area contributed by atoms with Crippen molar-refractivity contribution in [2.24, 2.45) is 0 Å². The summed E-state index contributed by atoms with van der Waals surface area (Å²) in [6.45, 7) is 4.92. The molecule has 0 aliphatic carbocycles. The highest BCUT2D eigenvalue weighted by Crippen LogP contribution is 2.27. The molecular weight excluding hydrogens is 276 g/mol. The number of ether oxygens (including phenoxy) is 1. The van der Waals surface area contributed by atoms with Crippen LogP contribution in [0, 0.1) is 6.92 Å². The van der Waals surface area contributed by atoms with Crippen molar-refractivity contribution in [2.45, 2.75) is 20.4 Å². The molecule has 0 amide bonds. The molecule has 0 aliphatic rings. The lowest BCUT2D eigenvalue weighted by molar-refractivity contribution is 0.318. The third-order valence-electron chi connectivity index (χ3n) is 2.78. The Morgan fingerprint density at radius 2 is 2.15 bits per heavy atom. The van der Waals surface area contributed by atoms with Crippen molar-refractivity contribution < 1.29 is 9.84 Å². The van der Waals surface area contributed by atoms with Gasteiger partial charge in [0.25, 0.3) is 0 Å². The van der Waals surface area contributed by atoms with E-state index in [0.717, 1.165) is 16.8 Å². The van der Waals surface area contributed by atoms with Crippen LogP contribution < -0.4 is 10.1 Å². The molecule has 0 bridgehead atoms. The van der Waals surface area contributed by atoms with Crippen LogP contribution in [0.3, 0.4) is 0 Å². The predicted molar refractivity (Wildman–Crippen MR) is 80.6 cm³/mol. The molecule has 1 aromatic heterocycles. The van der Waals surface area contributed by atoms with Crippen molar-refractivity contribution in [1.82, 2.24) is 4.98 Å². The molecule has 2 aromatic rings. The summed E-state index contributed by atoms with van der Waals surface area (Å²) in [6, 6.07) is 7.21. The monoisotopic (exact) mass is 292 g/mol. The van der Waals surface area contributed by atoms with Gasteiger partial charge in [-0.25, -0.2) is 4.98 Å². The summed E-state index contributed by atoms with van der Waals surface area (Å²) in [4.78, 5) is 4.09. The fourth-order valence-corrected chi connectivity index (χ4v) is 1.98. The Morgan fingerprint density at radius 1 is 1.35 bits per heavy atom. The molecule has 0 aliphatic heterocycles. The molecule has 106 valence electrons. The van der Waals surface area contributed by atoms with Gasteiger partial charge in [-0.2, -0.15) is 0 Å². The Kier molecular flexibility index (Phi) is 4.69. The number of phenols is 1. The predicted octanol–water partition coefficient (Wildman–Crippen LogP) is 3.76. The van der Waals surface area contributed by atoms with Crippen molar-refractivity contribution in [3.8, 4) is 11.5 Å². The molecule has 5 heteroatoms. The normalized spacial score (nSPS) is 10.3. The maximum atomic E-state index is 9.66. The zero-order chi connectivity index (χ0) is 14.5. The van der Waals surface area contributed by atoms with Crippen LogP contribution in [0.25, 0.3) is 0 Å². The van der Waals surface area contributed by atoms with Gasteiger partial charge in [0.05, 0.1) is 12.3 Å². The average Bonchev–Trinajstić information content (AvgIpc) is 2.43. The Labute approximate surface area is 123 Å². The molecule has 0 unspecified atom stereocenters. The van der Waals surface area contributed by atoms with Crippen molar-refractivity contribution in [2.75, 3.05) is 11.9 Å². The standard InChI is InChI=1S/C15H17ClN2O2/c1-3-20-14-7-11(4-5-13(14)19)9-17-12-6-10(2)8-18-15(12)16/h4-8,17,19H,3,9H2,1-2H3. The lowest BCUT2D eigenvalue weighted by Gasteiger charge is -2.11. The van der Waals surface area contributed by atoms with Crippen LogP contribution in [0.15, 0.2) is 30.5 Å². The largest absolute Gasteiger partial charge is 0.504 e. The minimum Gasteiger partial charge on any atom is -0.504 e. The van der Waals surface area contributed by atoms with Gasteiger partial charge in [0, 0.05) is 12.7 Å². The fourth-order valence-electron chi connectivity index (χ4n) is 1.81. The number of rotatable bonds is 5. The van der Waals surface area contributed by atoms with Gasteiger partial charge in [0.1, 0.15) is 0 Å². The molecule has 0 saturated heterocycles. The second-order valence-electron chi connectivity index (χ2n) is 4.44.